The fraction of sp³-hybridized carbons (Fsp3) is 0.417. The molecular weight excluding hydrogens is 411 g/mol. The second-order valence-electron chi connectivity index (χ2n) is 8.66. The Morgan fingerprint density at radius 1 is 1.22 bits per heavy atom. The molecule has 0 saturated heterocycles. The Balaban J connectivity index is 1.51. The molecule has 168 valence electrons. The highest BCUT2D eigenvalue weighted by molar-refractivity contribution is 6.09. The van der Waals surface area contributed by atoms with Crippen LogP contribution in [0.5, 0.6) is 0 Å². The van der Waals surface area contributed by atoms with E-state index in [1.807, 2.05) is 0 Å². The van der Waals surface area contributed by atoms with Crippen molar-refractivity contribution in [2.24, 2.45) is 4.99 Å². The van der Waals surface area contributed by atoms with Crippen molar-refractivity contribution in [3.05, 3.63) is 60.1 Å². The summed E-state index contributed by atoms with van der Waals surface area (Å²) in [5, 5.41) is 2.82. The lowest BCUT2D eigenvalue weighted by Gasteiger charge is -2.45. The molecule has 1 N–H and O–H groups in total. The van der Waals surface area contributed by atoms with E-state index in [1.165, 1.54) is 12.1 Å². The predicted octanol–water partition coefficient (Wildman–Crippen LogP) is 2.69. The Labute approximate surface area is 186 Å². The molecule has 0 spiro atoms. The van der Waals surface area contributed by atoms with Crippen molar-refractivity contribution in [3.8, 4) is 0 Å². The zero-order chi connectivity index (χ0) is 22.7. The molecule has 1 atom stereocenters. The monoisotopic (exact) mass is 438 g/mol. The minimum atomic E-state index is -1.14. The number of fused-ring (bicyclic) bond motifs is 1. The summed E-state index contributed by atoms with van der Waals surface area (Å²) < 4.78 is 13.1. The van der Waals surface area contributed by atoms with Gasteiger partial charge in [-0.25, -0.2) is 4.39 Å². The molecular formula is C24H27FN4O3. The van der Waals surface area contributed by atoms with Gasteiger partial charge in [0.1, 0.15) is 17.2 Å². The van der Waals surface area contributed by atoms with Gasteiger partial charge in [0.25, 0.3) is 5.91 Å². The van der Waals surface area contributed by atoms with Crippen molar-refractivity contribution in [1.82, 2.24) is 15.1 Å². The highest BCUT2D eigenvalue weighted by Gasteiger charge is 2.48. The first-order valence-electron chi connectivity index (χ1n) is 10.9. The van der Waals surface area contributed by atoms with Crippen LogP contribution < -0.4 is 5.32 Å². The second kappa shape index (κ2) is 9.06. The third-order valence-corrected chi connectivity index (χ3v) is 6.31. The van der Waals surface area contributed by atoms with E-state index in [0.29, 0.717) is 5.84 Å². The number of benzene rings is 1. The Hall–Kier alpha value is -3.29. The molecule has 32 heavy (non-hydrogen) atoms. The Morgan fingerprint density at radius 2 is 1.94 bits per heavy atom. The van der Waals surface area contributed by atoms with Crippen molar-refractivity contribution in [2.45, 2.75) is 57.2 Å². The minimum absolute atomic E-state index is 0.0439. The number of nitrogens with one attached hydrogen (secondary N) is 1. The van der Waals surface area contributed by atoms with E-state index in [0.717, 1.165) is 31.2 Å². The molecule has 3 aliphatic rings. The molecule has 4 rings (SSSR count). The number of rotatable bonds is 6. The van der Waals surface area contributed by atoms with E-state index < -0.39 is 5.54 Å². The van der Waals surface area contributed by atoms with Crippen LogP contribution in [0.1, 0.15) is 44.6 Å². The van der Waals surface area contributed by atoms with Gasteiger partial charge < -0.3 is 15.1 Å². The molecule has 2 heterocycles. The number of carbonyl (C=O) groups excluding carboxylic acids is 3. The average Bonchev–Trinajstić information content (AvgIpc) is 3.31. The lowest BCUT2D eigenvalue weighted by molar-refractivity contribution is -0.148. The molecule has 1 saturated carbocycles. The van der Waals surface area contributed by atoms with Crippen LogP contribution >= 0.6 is 0 Å². The minimum Gasteiger partial charge on any atom is -0.350 e. The van der Waals surface area contributed by atoms with Crippen molar-refractivity contribution in [1.29, 1.82) is 0 Å². The lowest BCUT2D eigenvalue weighted by atomic mass is 9.89. The number of amidine groups is 1. The van der Waals surface area contributed by atoms with Crippen LogP contribution in [0.15, 0.2) is 53.7 Å². The lowest BCUT2D eigenvalue weighted by Crippen LogP contribution is -2.63. The normalized spacial score (nSPS) is 22.5. The van der Waals surface area contributed by atoms with Gasteiger partial charge in [0, 0.05) is 18.8 Å². The molecule has 0 radical (unpaired) electrons. The summed E-state index contributed by atoms with van der Waals surface area (Å²) in [5.41, 5.74) is -0.371. The first kappa shape index (κ1) is 21.9. The number of halogens is 1. The van der Waals surface area contributed by atoms with Gasteiger partial charge in [-0.05, 0) is 49.6 Å². The number of amides is 3. The van der Waals surface area contributed by atoms with Gasteiger partial charge in [0.05, 0.1) is 13.0 Å². The van der Waals surface area contributed by atoms with Crippen LogP contribution in [-0.2, 0) is 20.9 Å². The number of hydrogen-bond acceptors (Lipinski definition) is 4. The number of hydrogen-bond donors (Lipinski definition) is 1. The van der Waals surface area contributed by atoms with Gasteiger partial charge in [-0.2, -0.15) is 4.99 Å². The summed E-state index contributed by atoms with van der Waals surface area (Å²) >= 11 is 0. The van der Waals surface area contributed by atoms with Gasteiger partial charge in [-0.1, -0.05) is 31.1 Å². The largest absolute Gasteiger partial charge is 0.350 e. The molecule has 1 aromatic carbocycles. The van der Waals surface area contributed by atoms with Gasteiger partial charge in [-0.3, -0.25) is 14.4 Å². The maximum atomic E-state index is 13.9. The third-order valence-electron chi connectivity index (χ3n) is 6.31. The molecule has 1 aromatic rings. The van der Waals surface area contributed by atoms with Crippen LogP contribution in [0.4, 0.5) is 4.39 Å². The van der Waals surface area contributed by atoms with E-state index in [4.69, 9.17) is 0 Å². The number of nitrogens with zero attached hydrogens (tertiary/aromatic N) is 3. The summed E-state index contributed by atoms with van der Waals surface area (Å²) in [5.74, 6) is -0.783. The SMILES string of the molecule is C[C@@]1(C(=O)N(CC(=O)NCc2ccc(F)cc2)C2CCCC2)CC(=O)N=C2C=CC=CN21. The maximum absolute atomic E-state index is 13.9. The molecule has 0 unspecified atom stereocenters. The van der Waals surface area contributed by atoms with Crippen LogP contribution in [0.25, 0.3) is 0 Å². The standard InChI is InChI=1S/C24H27FN4O3/c1-24(14-21(30)27-20-8-4-5-13-29(20)24)23(32)28(19-6-2-3-7-19)16-22(31)26-15-17-9-11-18(25)12-10-17/h4-5,8-13,19H,2-3,6-7,14-16H2,1H3,(H,26,31)/t24-/m0/s1. The van der Waals surface area contributed by atoms with E-state index in [-0.39, 0.29) is 49.1 Å². The van der Waals surface area contributed by atoms with E-state index in [9.17, 15) is 18.8 Å². The predicted molar refractivity (Wildman–Crippen MR) is 118 cm³/mol. The van der Waals surface area contributed by atoms with Crippen LogP contribution in [0.2, 0.25) is 0 Å². The zero-order valence-electron chi connectivity index (χ0n) is 18.1. The summed E-state index contributed by atoms with van der Waals surface area (Å²) in [7, 11) is 0. The van der Waals surface area contributed by atoms with Crippen molar-refractivity contribution < 1.29 is 18.8 Å². The summed E-state index contributed by atoms with van der Waals surface area (Å²) in [6, 6.07) is 5.87. The highest BCUT2D eigenvalue weighted by atomic mass is 19.1. The zero-order valence-corrected chi connectivity index (χ0v) is 18.1. The van der Waals surface area contributed by atoms with Crippen molar-refractivity contribution in [3.63, 3.8) is 0 Å². The highest BCUT2D eigenvalue weighted by Crippen LogP contribution is 2.33. The van der Waals surface area contributed by atoms with E-state index in [1.54, 1.807) is 53.3 Å². The third kappa shape index (κ3) is 4.49. The number of carbonyl (C=O) groups is 3. The van der Waals surface area contributed by atoms with Gasteiger partial charge >= 0.3 is 0 Å². The van der Waals surface area contributed by atoms with E-state index in [2.05, 4.69) is 10.3 Å². The average molecular weight is 439 g/mol. The molecule has 8 heteroatoms. The topological polar surface area (TPSA) is 82.1 Å². The Morgan fingerprint density at radius 3 is 2.66 bits per heavy atom. The summed E-state index contributed by atoms with van der Waals surface area (Å²) in [4.78, 5) is 46.4. The molecule has 2 aliphatic heterocycles. The number of aliphatic imine (C=N–C) groups is 1. The summed E-state index contributed by atoms with van der Waals surface area (Å²) in [6.45, 7) is 1.90. The Kier molecular flexibility index (Phi) is 6.21. The fourth-order valence-corrected chi connectivity index (χ4v) is 4.57. The van der Waals surface area contributed by atoms with Gasteiger partial charge in [0.15, 0.2) is 0 Å². The first-order chi connectivity index (χ1) is 15.4. The molecule has 1 aliphatic carbocycles. The quantitative estimate of drug-likeness (QED) is 0.741. The second-order valence-corrected chi connectivity index (χ2v) is 8.66. The Bertz CT molecular complexity index is 995. The smallest absolute Gasteiger partial charge is 0.250 e. The molecule has 1 fully saturated rings. The fourth-order valence-electron chi connectivity index (χ4n) is 4.57. The van der Waals surface area contributed by atoms with Crippen molar-refractivity contribution >= 4 is 23.6 Å². The molecule has 0 aromatic heterocycles. The van der Waals surface area contributed by atoms with Crippen molar-refractivity contribution in [2.75, 3.05) is 6.54 Å². The molecule has 7 nitrogen and oxygen atoms in total. The van der Waals surface area contributed by atoms with Crippen LogP contribution in [0.3, 0.4) is 0 Å². The molecule has 0 bridgehead atoms. The molecule has 3 amide bonds. The maximum Gasteiger partial charge on any atom is 0.250 e. The number of allylic oxidation sites excluding steroid dienone is 2. The van der Waals surface area contributed by atoms with E-state index >= 15 is 0 Å². The van der Waals surface area contributed by atoms with Gasteiger partial charge in [0.2, 0.25) is 11.8 Å². The first-order valence-corrected chi connectivity index (χ1v) is 10.9. The summed E-state index contributed by atoms with van der Waals surface area (Å²) in [6.07, 6.45) is 10.7. The van der Waals surface area contributed by atoms with Gasteiger partial charge in [-0.15, -0.1) is 0 Å². The van der Waals surface area contributed by atoms with Crippen LogP contribution in [-0.4, -0.2) is 51.5 Å². The van der Waals surface area contributed by atoms with Crippen LogP contribution in [0, 0.1) is 5.82 Å².